The average Bonchev–Trinajstić information content (AvgIpc) is 2.84. The van der Waals surface area contributed by atoms with Gasteiger partial charge in [-0.05, 0) is 16.7 Å². The Labute approximate surface area is 195 Å². The normalized spacial score (nSPS) is 23.8. The molecule has 4 nitrogen and oxygen atoms in total. The molecule has 0 amide bonds. The van der Waals surface area contributed by atoms with Gasteiger partial charge in [0.2, 0.25) is 0 Å². The Morgan fingerprint density at radius 1 is 0.750 bits per heavy atom. The fourth-order valence-corrected chi connectivity index (χ4v) is 4.59. The first-order valence-electron chi connectivity index (χ1n) is 11.1. The molecule has 3 aromatic carbocycles. The lowest BCUT2D eigenvalue weighted by Crippen LogP contribution is -2.62. The summed E-state index contributed by atoms with van der Waals surface area (Å²) in [6.07, 6.45) is -1.50. The van der Waals surface area contributed by atoms with Gasteiger partial charge < -0.3 is 14.6 Å². The van der Waals surface area contributed by atoms with Gasteiger partial charge in [0.25, 0.3) is 0 Å². The summed E-state index contributed by atoms with van der Waals surface area (Å²) in [7, 11) is 0. The molecule has 1 N–H and O–H groups in total. The number of piperidine rings is 1. The lowest BCUT2D eigenvalue weighted by Gasteiger charge is -2.46. The molecule has 0 aliphatic carbocycles. The molecule has 5 heteroatoms. The second kappa shape index (κ2) is 11.6. The van der Waals surface area contributed by atoms with Gasteiger partial charge in [0, 0.05) is 19.0 Å². The number of hydrogen-bond donors (Lipinski definition) is 1. The van der Waals surface area contributed by atoms with Crippen molar-refractivity contribution in [2.75, 3.05) is 12.4 Å². The molecule has 0 saturated carbocycles. The molecule has 0 radical (unpaired) electrons. The minimum atomic E-state index is -0.755. The smallest absolute Gasteiger partial charge is 0.113 e. The maximum absolute atomic E-state index is 11.3. The van der Waals surface area contributed by atoms with Crippen LogP contribution in [0, 0.1) is 0 Å². The van der Waals surface area contributed by atoms with Crippen molar-refractivity contribution >= 4 is 11.6 Å². The first kappa shape index (κ1) is 23.0. The number of rotatable bonds is 9. The molecule has 4 rings (SSSR count). The van der Waals surface area contributed by atoms with Crippen LogP contribution >= 0.6 is 11.6 Å². The standard InChI is InChI=1S/C27H30ClNO3/c28-16-24-26(30)27(32-20-23-14-8-3-9-15-23)25(31-19-22-12-6-2-7-13-22)18-29(24)17-21-10-4-1-5-11-21/h1-15,24-27,30H,16-20H2/t24?,25-,26-,27+/m0/s1. The SMILES string of the molecule is O[C@H]1C(CCl)N(Cc2ccccc2)C[C@H](OCc2ccccc2)[C@H]1OCc1ccccc1. The molecule has 32 heavy (non-hydrogen) atoms. The van der Waals surface area contributed by atoms with Gasteiger partial charge in [-0.15, -0.1) is 11.6 Å². The summed E-state index contributed by atoms with van der Waals surface area (Å²) in [6, 6.07) is 30.1. The first-order valence-corrected chi connectivity index (χ1v) is 11.6. The molecule has 1 saturated heterocycles. The highest BCUT2D eigenvalue weighted by atomic mass is 35.5. The third-order valence-electron chi connectivity index (χ3n) is 5.96. The highest BCUT2D eigenvalue weighted by molar-refractivity contribution is 6.18. The number of ether oxygens (including phenoxy) is 2. The Morgan fingerprint density at radius 2 is 1.25 bits per heavy atom. The van der Waals surface area contributed by atoms with E-state index >= 15 is 0 Å². The van der Waals surface area contributed by atoms with E-state index in [2.05, 4.69) is 17.0 Å². The highest BCUT2D eigenvalue weighted by Crippen LogP contribution is 2.27. The molecule has 1 aliphatic rings. The third-order valence-corrected chi connectivity index (χ3v) is 6.28. The van der Waals surface area contributed by atoms with Gasteiger partial charge in [-0.3, -0.25) is 4.90 Å². The second-order valence-electron chi connectivity index (χ2n) is 8.22. The van der Waals surface area contributed by atoms with Crippen molar-refractivity contribution in [2.45, 2.75) is 44.1 Å². The minimum absolute atomic E-state index is 0.214. The second-order valence-corrected chi connectivity index (χ2v) is 8.53. The van der Waals surface area contributed by atoms with E-state index in [0.717, 1.165) is 11.1 Å². The Kier molecular flexibility index (Phi) is 8.32. The predicted octanol–water partition coefficient (Wildman–Crippen LogP) is 4.64. The predicted molar refractivity (Wildman–Crippen MR) is 127 cm³/mol. The van der Waals surface area contributed by atoms with E-state index in [1.165, 1.54) is 5.56 Å². The molecule has 1 aliphatic heterocycles. The molecular weight excluding hydrogens is 422 g/mol. The number of likely N-dealkylation sites (tertiary alicyclic amines) is 1. The zero-order valence-corrected chi connectivity index (χ0v) is 18.9. The van der Waals surface area contributed by atoms with E-state index in [4.69, 9.17) is 21.1 Å². The van der Waals surface area contributed by atoms with Crippen LogP contribution in [0.3, 0.4) is 0 Å². The van der Waals surface area contributed by atoms with Crippen LogP contribution in [0.25, 0.3) is 0 Å². The summed E-state index contributed by atoms with van der Waals surface area (Å²) in [5, 5.41) is 11.3. The van der Waals surface area contributed by atoms with Gasteiger partial charge in [0.05, 0.1) is 31.5 Å². The Balaban J connectivity index is 1.51. The first-order chi connectivity index (χ1) is 15.7. The van der Waals surface area contributed by atoms with Gasteiger partial charge in [-0.1, -0.05) is 91.0 Å². The number of benzene rings is 3. The summed E-state index contributed by atoms with van der Waals surface area (Å²) in [5.41, 5.74) is 3.34. The molecule has 1 heterocycles. The van der Waals surface area contributed by atoms with Gasteiger partial charge in [0.15, 0.2) is 0 Å². The van der Waals surface area contributed by atoms with E-state index < -0.39 is 12.2 Å². The number of alkyl halides is 1. The summed E-state index contributed by atoms with van der Waals surface area (Å²) in [6.45, 7) is 2.22. The van der Waals surface area contributed by atoms with Gasteiger partial charge in [0.1, 0.15) is 6.10 Å². The summed E-state index contributed by atoms with van der Waals surface area (Å²) >= 11 is 6.34. The minimum Gasteiger partial charge on any atom is -0.389 e. The van der Waals surface area contributed by atoms with Gasteiger partial charge in [-0.2, -0.15) is 0 Å². The molecule has 0 bridgehead atoms. The maximum Gasteiger partial charge on any atom is 0.113 e. The third kappa shape index (κ3) is 5.97. The summed E-state index contributed by atoms with van der Waals surface area (Å²) < 4.78 is 12.6. The van der Waals surface area contributed by atoms with E-state index in [1.807, 2.05) is 78.9 Å². The quantitative estimate of drug-likeness (QED) is 0.481. The molecule has 168 valence electrons. The molecule has 0 aromatic heterocycles. The van der Waals surface area contributed by atoms with E-state index in [9.17, 15) is 5.11 Å². The van der Waals surface area contributed by atoms with Crippen LogP contribution in [0.1, 0.15) is 16.7 Å². The van der Waals surface area contributed by atoms with Crippen molar-refractivity contribution in [1.29, 1.82) is 0 Å². The molecule has 4 atom stereocenters. The zero-order chi connectivity index (χ0) is 22.2. The number of halogens is 1. The van der Waals surface area contributed by atoms with Gasteiger partial charge in [-0.25, -0.2) is 0 Å². The van der Waals surface area contributed by atoms with E-state index in [1.54, 1.807) is 0 Å². The van der Waals surface area contributed by atoms with Crippen molar-refractivity contribution in [3.63, 3.8) is 0 Å². The van der Waals surface area contributed by atoms with E-state index in [-0.39, 0.29) is 12.1 Å². The molecule has 0 spiro atoms. The van der Waals surface area contributed by atoms with Crippen molar-refractivity contribution in [3.05, 3.63) is 108 Å². The van der Waals surface area contributed by atoms with Crippen LogP contribution in [0.15, 0.2) is 91.0 Å². The molecule has 1 fully saturated rings. The van der Waals surface area contributed by atoms with Crippen molar-refractivity contribution in [2.24, 2.45) is 0 Å². The van der Waals surface area contributed by atoms with Crippen LogP contribution in [-0.2, 0) is 29.2 Å². The van der Waals surface area contributed by atoms with Crippen molar-refractivity contribution in [3.8, 4) is 0 Å². The zero-order valence-electron chi connectivity index (χ0n) is 18.1. The Bertz CT molecular complexity index is 925. The van der Waals surface area contributed by atoms with E-state index in [0.29, 0.717) is 32.2 Å². The number of aliphatic hydroxyl groups is 1. The number of hydrogen-bond acceptors (Lipinski definition) is 4. The Morgan fingerprint density at radius 3 is 1.78 bits per heavy atom. The highest BCUT2D eigenvalue weighted by Gasteiger charge is 2.43. The molecule has 3 aromatic rings. The van der Waals surface area contributed by atoms with Gasteiger partial charge >= 0.3 is 0 Å². The summed E-state index contributed by atoms with van der Waals surface area (Å²) in [4.78, 5) is 2.21. The van der Waals surface area contributed by atoms with Crippen LogP contribution < -0.4 is 0 Å². The molecule has 1 unspecified atom stereocenters. The topological polar surface area (TPSA) is 41.9 Å². The fourth-order valence-electron chi connectivity index (χ4n) is 4.21. The van der Waals surface area contributed by atoms with Crippen LogP contribution in [0.2, 0.25) is 0 Å². The summed E-state index contributed by atoms with van der Waals surface area (Å²) in [5.74, 6) is 0.324. The van der Waals surface area contributed by atoms with Crippen LogP contribution in [0.4, 0.5) is 0 Å². The van der Waals surface area contributed by atoms with Crippen LogP contribution in [-0.4, -0.2) is 46.8 Å². The largest absolute Gasteiger partial charge is 0.389 e. The Hall–Kier alpha value is -2.21. The maximum atomic E-state index is 11.3. The monoisotopic (exact) mass is 451 g/mol. The lowest BCUT2D eigenvalue weighted by atomic mass is 9.93. The fraction of sp³-hybridized carbons (Fsp3) is 0.333. The average molecular weight is 452 g/mol. The molecular formula is C27H30ClNO3. The number of aliphatic hydroxyl groups excluding tert-OH is 1. The van der Waals surface area contributed by atoms with Crippen LogP contribution in [0.5, 0.6) is 0 Å². The number of nitrogens with zero attached hydrogens (tertiary/aromatic N) is 1. The van der Waals surface area contributed by atoms with Crippen molar-refractivity contribution < 1.29 is 14.6 Å². The van der Waals surface area contributed by atoms with Crippen molar-refractivity contribution in [1.82, 2.24) is 4.90 Å². The lowest BCUT2D eigenvalue weighted by molar-refractivity contribution is -0.183.